The Hall–Kier alpha value is -1.59. The number of carbonyl (C=O) groups excluding carboxylic acids is 1. The van der Waals surface area contributed by atoms with Crippen LogP contribution in [0, 0.1) is 34.5 Å². The summed E-state index contributed by atoms with van der Waals surface area (Å²) in [6, 6.07) is 3.32. The summed E-state index contributed by atoms with van der Waals surface area (Å²) in [6.45, 7) is 0.620. The van der Waals surface area contributed by atoms with Gasteiger partial charge in [-0.3, -0.25) is 4.79 Å². The largest absolute Gasteiger partial charge is 0.325 e. The fourth-order valence-electron chi connectivity index (χ4n) is 2.30. The lowest BCUT2D eigenvalue weighted by molar-refractivity contribution is -0.133. The first-order valence-corrected chi connectivity index (χ1v) is 5.54. The number of amides is 1. The van der Waals surface area contributed by atoms with Crippen LogP contribution in [0.1, 0.15) is 19.3 Å². The average molecular weight is 218 g/mol. The smallest absolute Gasteiger partial charge is 0.240 e. The fourth-order valence-corrected chi connectivity index (χ4v) is 2.30. The quantitative estimate of drug-likeness (QED) is 0.705. The standard InChI is InChI=1S/C11H14N4O/c12-5-7-4-9(7)10(14)11(16)15-3-1-2-8(15)6-13/h7-10H,1-4,14H2/t7-,8+,9-,10+/m1/s1. The van der Waals surface area contributed by atoms with E-state index in [2.05, 4.69) is 12.1 Å². The molecule has 0 aromatic heterocycles. The summed E-state index contributed by atoms with van der Waals surface area (Å²) < 4.78 is 0. The van der Waals surface area contributed by atoms with E-state index in [1.54, 1.807) is 4.90 Å². The Morgan fingerprint density at radius 2 is 2.19 bits per heavy atom. The Labute approximate surface area is 94.4 Å². The first-order chi connectivity index (χ1) is 7.69. The number of hydrogen-bond acceptors (Lipinski definition) is 4. The van der Waals surface area contributed by atoms with E-state index in [-0.39, 0.29) is 23.8 Å². The molecule has 0 radical (unpaired) electrons. The highest BCUT2D eigenvalue weighted by molar-refractivity contribution is 5.83. The minimum atomic E-state index is -0.599. The minimum Gasteiger partial charge on any atom is -0.325 e. The van der Waals surface area contributed by atoms with Crippen LogP contribution in [0.4, 0.5) is 0 Å². The van der Waals surface area contributed by atoms with Crippen LogP contribution in [-0.4, -0.2) is 29.4 Å². The summed E-state index contributed by atoms with van der Waals surface area (Å²) >= 11 is 0. The molecule has 1 aliphatic carbocycles. The second-order valence-electron chi connectivity index (χ2n) is 4.48. The van der Waals surface area contributed by atoms with E-state index in [1.165, 1.54) is 0 Å². The molecule has 5 nitrogen and oxygen atoms in total. The van der Waals surface area contributed by atoms with Gasteiger partial charge in [-0.15, -0.1) is 0 Å². The highest BCUT2D eigenvalue weighted by Crippen LogP contribution is 2.40. The topological polar surface area (TPSA) is 93.9 Å². The van der Waals surface area contributed by atoms with Crippen LogP contribution < -0.4 is 5.73 Å². The van der Waals surface area contributed by atoms with Gasteiger partial charge in [0.15, 0.2) is 0 Å². The zero-order valence-corrected chi connectivity index (χ0v) is 8.97. The maximum Gasteiger partial charge on any atom is 0.240 e. The van der Waals surface area contributed by atoms with Crippen molar-refractivity contribution in [2.75, 3.05) is 6.54 Å². The van der Waals surface area contributed by atoms with Crippen LogP contribution in [0.5, 0.6) is 0 Å². The summed E-state index contributed by atoms with van der Waals surface area (Å²) in [5, 5.41) is 17.6. The van der Waals surface area contributed by atoms with Gasteiger partial charge in [-0.1, -0.05) is 0 Å². The van der Waals surface area contributed by atoms with Crippen molar-refractivity contribution in [2.45, 2.75) is 31.3 Å². The number of rotatable bonds is 2. The Kier molecular flexibility index (Phi) is 2.80. The number of likely N-dealkylation sites (tertiary alicyclic amines) is 1. The van der Waals surface area contributed by atoms with Crippen molar-refractivity contribution in [1.82, 2.24) is 4.90 Å². The van der Waals surface area contributed by atoms with E-state index >= 15 is 0 Å². The molecular weight excluding hydrogens is 204 g/mol. The van der Waals surface area contributed by atoms with Crippen LogP contribution in [-0.2, 0) is 4.79 Å². The van der Waals surface area contributed by atoms with Gasteiger partial charge in [0, 0.05) is 12.5 Å². The molecule has 0 unspecified atom stereocenters. The van der Waals surface area contributed by atoms with E-state index in [1.807, 2.05) is 0 Å². The zero-order valence-electron chi connectivity index (χ0n) is 8.97. The molecule has 84 valence electrons. The SMILES string of the molecule is N#C[C@@H]1CCCN1C(=O)[C@@H](N)[C@@H]1C[C@@H]1C#N. The van der Waals surface area contributed by atoms with Crippen LogP contribution in [0.15, 0.2) is 0 Å². The van der Waals surface area contributed by atoms with Gasteiger partial charge in [-0.25, -0.2) is 0 Å². The summed E-state index contributed by atoms with van der Waals surface area (Å²) in [5.74, 6) is -0.230. The molecule has 2 fully saturated rings. The molecule has 1 saturated carbocycles. The molecule has 0 aromatic carbocycles. The Bertz CT molecular complexity index is 380. The normalized spacial score (nSPS) is 33.9. The molecule has 2 rings (SSSR count). The van der Waals surface area contributed by atoms with E-state index in [4.69, 9.17) is 16.3 Å². The molecule has 16 heavy (non-hydrogen) atoms. The van der Waals surface area contributed by atoms with Crippen LogP contribution in [0.3, 0.4) is 0 Å². The van der Waals surface area contributed by atoms with Crippen LogP contribution >= 0.6 is 0 Å². The summed E-state index contributed by atoms with van der Waals surface area (Å²) in [4.78, 5) is 13.6. The maximum absolute atomic E-state index is 12.0. The lowest BCUT2D eigenvalue weighted by Gasteiger charge is -2.23. The number of nitrogens with zero attached hydrogens (tertiary/aromatic N) is 3. The van der Waals surface area contributed by atoms with Crippen molar-refractivity contribution >= 4 is 5.91 Å². The van der Waals surface area contributed by atoms with Gasteiger partial charge in [-0.2, -0.15) is 10.5 Å². The predicted molar refractivity (Wildman–Crippen MR) is 55.5 cm³/mol. The number of nitriles is 2. The Morgan fingerprint density at radius 1 is 1.44 bits per heavy atom. The van der Waals surface area contributed by atoms with E-state index in [0.717, 1.165) is 12.8 Å². The molecule has 0 aromatic rings. The van der Waals surface area contributed by atoms with Crippen LogP contribution in [0.25, 0.3) is 0 Å². The molecule has 1 saturated heterocycles. The third kappa shape index (κ3) is 1.75. The molecular formula is C11H14N4O. The second-order valence-corrected chi connectivity index (χ2v) is 4.48. The molecule has 1 aliphatic heterocycles. The van der Waals surface area contributed by atoms with Gasteiger partial charge >= 0.3 is 0 Å². The second kappa shape index (κ2) is 4.11. The third-order valence-electron chi connectivity index (χ3n) is 3.44. The molecule has 0 bridgehead atoms. The van der Waals surface area contributed by atoms with Crippen molar-refractivity contribution in [1.29, 1.82) is 10.5 Å². The summed E-state index contributed by atoms with van der Waals surface area (Å²) in [5.41, 5.74) is 5.83. The highest BCUT2D eigenvalue weighted by Gasteiger charge is 2.46. The Morgan fingerprint density at radius 3 is 2.75 bits per heavy atom. The van der Waals surface area contributed by atoms with E-state index in [9.17, 15) is 4.79 Å². The minimum absolute atomic E-state index is 0.00237. The monoisotopic (exact) mass is 218 g/mol. The maximum atomic E-state index is 12.0. The highest BCUT2D eigenvalue weighted by atomic mass is 16.2. The summed E-state index contributed by atoms with van der Waals surface area (Å²) in [7, 11) is 0. The van der Waals surface area contributed by atoms with Gasteiger partial charge in [0.25, 0.3) is 0 Å². The number of nitrogens with two attached hydrogens (primary N) is 1. The Balaban J connectivity index is 1.98. The third-order valence-corrected chi connectivity index (χ3v) is 3.44. The zero-order chi connectivity index (χ0) is 11.7. The van der Waals surface area contributed by atoms with Crippen molar-refractivity contribution in [3.05, 3.63) is 0 Å². The van der Waals surface area contributed by atoms with Crippen molar-refractivity contribution in [2.24, 2.45) is 17.6 Å². The summed E-state index contributed by atoms with van der Waals surface area (Å²) in [6.07, 6.45) is 2.32. The van der Waals surface area contributed by atoms with Gasteiger partial charge in [0.2, 0.25) is 5.91 Å². The molecule has 4 atom stereocenters. The molecule has 2 aliphatic rings. The van der Waals surface area contributed by atoms with Crippen molar-refractivity contribution in [3.8, 4) is 12.1 Å². The van der Waals surface area contributed by atoms with Crippen molar-refractivity contribution in [3.63, 3.8) is 0 Å². The number of hydrogen-bond donors (Lipinski definition) is 1. The molecule has 5 heteroatoms. The lowest BCUT2D eigenvalue weighted by Crippen LogP contribution is -2.47. The molecule has 2 N–H and O–H groups in total. The van der Waals surface area contributed by atoms with E-state index in [0.29, 0.717) is 13.0 Å². The first kappa shape index (κ1) is 10.9. The van der Waals surface area contributed by atoms with E-state index < -0.39 is 6.04 Å². The van der Waals surface area contributed by atoms with Crippen molar-refractivity contribution < 1.29 is 4.79 Å². The predicted octanol–water partition coefficient (Wildman–Crippen LogP) is -0.0120. The van der Waals surface area contributed by atoms with Gasteiger partial charge < -0.3 is 10.6 Å². The van der Waals surface area contributed by atoms with Gasteiger partial charge in [0.1, 0.15) is 6.04 Å². The fraction of sp³-hybridized carbons (Fsp3) is 0.727. The van der Waals surface area contributed by atoms with Gasteiger partial charge in [-0.05, 0) is 19.3 Å². The number of carbonyl (C=O) groups is 1. The first-order valence-electron chi connectivity index (χ1n) is 5.54. The lowest BCUT2D eigenvalue weighted by atomic mass is 10.1. The molecule has 1 amide bonds. The average Bonchev–Trinajstić information content (AvgIpc) is 2.95. The molecule has 0 spiro atoms. The van der Waals surface area contributed by atoms with Crippen LogP contribution in [0.2, 0.25) is 0 Å². The van der Waals surface area contributed by atoms with Gasteiger partial charge in [0.05, 0.1) is 24.1 Å². The molecule has 1 heterocycles.